The zero-order chi connectivity index (χ0) is 31.1. The lowest BCUT2D eigenvalue weighted by Crippen LogP contribution is -2.67. The molecule has 2 spiro atoms. The highest BCUT2D eigenvalue weighted by Gasteiger charge is 2.74. The number of ether oxygens (including phenoxy) is 2. The molecule has 1 unspecified atom stereocenters. The SMILES string of the molecule is CCOC(=O)N(C[C@H]1CCCO1)C[C@]1(O)CC[C@H]2[C@]34C=C[C@@]5(C=C3C(=O)c3ccc(C)s3)CC(O)CC[C@]5(C)[C@H]4CC[C@@]21C. The van der Waals surface area contributed by atoms with Crippen LogP contribution >= 0.6 is 11.3 Å². The number of aliphatic hydroxyl groups excluding tert-OH is 1. The third-order valence-corrected chi connectivity index (χ3v) is 14.3. The number of aliphatic hydroxyl groups is 2. The van der Waals surface area contributed by atoms with E-state index in [1.807, 2.05) is 26.0 Å². The lowest BCUT2D eigenvalue weighted by atomic mass is 9.32. The summed E-state index contributed by atoms with van der Waals surface area (Å²) in [6.45, 7) is 10.1. The minimum Gasteiger partial charge on any atom is -0.450 e. The Morgan fingerprint density at radius 1 is 1.07 bits per heavy atom. The van der Waals surface area contributed by atoms with Crippen molar-refractivity contribution < 1.29 is 29.3 Å². The molecule has 7 aliphatic rings. The van der Waals surface area contributed by atoms with Crippen molar-refractivity contribution in [3.8, 4) is 0 Å². The van der Waals surface area contributed by atoms with Gasteiger partial charge < -0.3 is 24.6 Å². The fraction of sp³-hybridized carbons (Fsp3) is 0.722. The van der Waals surface area contributed by atoms with Crippen LogP contribution in [-0.2, 0) is 9.47 Å². The Morgan fingerprint density at radius 2 is 1.82 bits per heavy atom. The van der Waals surface area contributed by atoms with Crippen molar-refractivity contribution in [1.82, 2.24) is 4.90 Å². The van der Waals surface area contributed by atoms with Gasteiger partial charge in [0.1, 0.15) is 0 Å². The van der Waals surface area contributed by atoms with Crippen LogP contribution in [0.2, 0.25) is 0 Å². The summed E-state index contributed by atoms with van der Waals surface area (Å²) < 4.78 is 11.4. The largest absolute Gasteiger partial charge is 0.450 e. The molecular weight excluding hydrogens is 574 g/mol. The number of thiophene rings is 1. The summed E-state index contributed by atoms with van der Waals surface area (Å²) in [5, 5.41) is 23.7. The molecule has 0 aromatic carbocycles. The van der Waals surface area contributed by atoms with Crippen LogP contribution in [0.25, 0.3) is 0 Å². The Hall–Kier alpha value is -2.00. The second-order valence-electron chi connectivity index (χ2n) is 15.3. The molecule has 1 amide bonds. The van der Waals surface area contributed by atoms with Crippen molar-refractivity contribution in [2.75, 3.05) is 26.3 Å². The molecule has 9 atom stereocenters. The first-order valence-corrected chi connectivity index (χ1v) is 17.7. The quantitative estimate of drug-likeness (QED) is 0.267. The third kappa shape index (κ3) is 4.16. The van der Waals surface area contributed by atoms with Crippen LogP contribution in [0.3, 0.4) is 0 Å². The second kappa shape index (κ2) is 10.5. The van der Waals surface area contributed by atoms with E-state index in [0.29, 0.717) is 26.0 Å². The normalized spacial score (nSPS) is 43.6. The number of allylic oxidation sites excluding steroid dienone is 4. The predicted octanol–water partition coefficient (Wildman–Crippen LogP) is 6.47. The molecule has 240 valence electrons. The molecule has 0 radical (unpaired) electrons. The van der Waals surface area contributed by atoms with Gasteiger partial charge in [0.25, 0.3) is 0 Å². The standard InChI is InChI=1S/C36H49NO6S/c1-5-42-31(40)37(21-25-7-6-18-43-25)22-35(41)15-12-29-33(35,4)14-11-28-32(3)13-10-24(38)19-34(32)16-17-36(28,29)26(20-34)30(39)27-9-8-23(2)44-27/h8-9,16-17,20,24-25,28-29,38,41H,5-7,10-15,18-19,21-22H2,1-4H3/t24?,25-,28-,29-,32-,33+,34+,35-,36-/m1/s1. The van der Waals surface area contributed by atoms with Gasteiger partial charge in [0.05, 0.1) is 42.4 Å². The summed E-state index contributed by atoms with van der Waals surface area (Å²) in [6, 6.07) is 3.98. The van der Waals surface area contributed by atoms with Gasteiger partial charge in [0.2, 0.25) is 0 Å². The molecular formula is C36H49NO6S. The van der Waals surface area contributed by atoms with Gasteiger partial charge in [-0.1, -0.05) is 32.1 Å². The van der Waals surface area contributed by atoms with Gasteiger partial charge in [-0.3, -0.25) is 4.79 Å². The van der Waals surface area contributed by atoms with Crippen molar-refractivity contribution in [2.24, 2.45) is 33.5 Å². The molecule has 44 heavy (non-hydrogen) atoms. The van der Waals surface area contributed by atoms with Crippen LogP contribution in [-0.4, -0.2) is 71.1 Å². The van der Waals surface area contributed by atoms with Gasteiger partial charge in [-0.25, -0.2) is 4.79 Å². The highest BCUT2D eigenvalue weighted by atomic mass is 32.1. The van der Waals surface area contributed by atoms with Gasteiger partial charge >= 0.3 is 6.09 Å². The molecule has 6 aliphatic carbocycles. The van der Waals surface area contributed by atoms with Crippen LogP contribution in [0, 0.1) is 40.4 Å². The molecule has 1 aromatic heterocycles. The molecule has 7 nitrogen and oxygen atoms in total. The number of amides is 1. The van der Waals surface area contributed by atoms with E-state index in [-0.39, 0.29) is 53.8 Å². The molecule has 2 bridgehead atoms. The number of ketones is 1. The number of aryl methyl sites for hydroxylation is 1. The number of Topliss-reactive ketones (excluding diaryl/α,β-unsaturated/α-hetero) is 1. The molecule has 4 fully saturated rings. The van der Waals surface area contributed by atoms with Crippen LogP contribution in [0.4, 0.5) is 4.79 Å². The number of hydrogen-bond acceptors (Lipinski definition) is 7. The van der Waals surface area contributed by atoms with E-state index in [1.165, 1.54) is 0 Å². The first kappa shape index (κ1) is 30.6. The third-order valence-electron chi connectivity index (χ3n) is 13.3. The molecule has 1 saturated heterocycles. The van der Waals surface area contributed by atoms with Gasteiger partial charge in [-0.15, -0.1) is 11.3 Å². The van der Waals surface area contributed by atoms with Crippen molar-refractivity contribution >= 4 is 23.2 Å². The van der Waals surface area contributed by atoms with Gasteiger partial charge in [0, 0.05) is 33.3 Å². The van der Waals surface area contributed by atoms with Crippen molar-refractivity contribution in [3.05, 3.63) is 45.7 Å². The monoisotopic (exact) mass is 623 g/mol. The topological polar surface area (TPSA) is 96.3 Å². The van der Waals surface area contributed by atoms with Crippen molar-refractivity contribution in [3.63, 3.8) is 0 Å². The Labute approximate surface area is 265 Å². The van der Waals surface area contributed by atoms with Crippen molar-refractivity contribution in [1.29, 1.82) is 0 Å². The summed E-state index contributed by atoms with van der Waals surface area (Å²) in [6.07, 6.45) is 13.5. The maximum absolute atomic E-state index is 14.6. The zero-order valence-corrected chi connectivity index (χ0v) is 27.6. The van der Waals surface area contributed by atoms with E-state index >= 15 is 0 Å². The average Bonchev–Trinajstić information content (AvgIpc) is 3.72. The van der Waals surface area contributed by atoms with Crippen LogP contribution in [0.1, 0.15) is 93.1 Å². The highest BCUT2D eigenvalue weighted by Crippen LogP contribution is 2.78. The molecule has 1 aliphatic heterocycles. The molecule has 8 heteroatoms. The molecule has 2 N–H and O–H groups in total. The highest BCUT2D eigenvalue weighted by molar-refractivity contribution is 7.14. The summed E-state index contributed by atoms with van der Waals surface area (Å²) in [5.41, 5.74) is -1.69. The zero-order valence-electron chi connectivity index (χ0n) is 26.8. The number of fused-ring (bicyclic) bond motifs is 1. The van der Waals surface area contributed by atoms with Gasteiger partial charge in [-0.2, -0.15) is 0 Å². The van der Waals surface area contributed by atoms with E-state index in [0.717, 1.165) is 60.3 Å². The summed E-state index contributed by atoms with van der Waals surface area (Å²) >= 11 is 1.55. The molecule has 2 heterocycles. The fourth-order valence-corrected chi connectivity index (χ4v) is 11.9. The van der Waals surface area contributed by atoms with Crippen molar-refractivity contribution in [2.45, 2.75) is 103 Å². The Bertz CT molecular complexity index is 1400. The van der Waals surface area contributed by atoms with E-state index < -0.39 is 22.5 Å². The smallest absolute Gasteiger partial charge is 0.409 e. The average molecular weight is 624 g/mol. The Morgan fingerprint density at radius 3 is 2.52 bits per heavy atom. The molecule has 1 aromatic rings. The van der Waals surface area contributed by atoms with E-state index in [2.05, 4.69) is 32.1 Å². The summed E-state index contributed by atoms with van der Waals surface area (Å²) in [5.74, 6) is 0.385. The predicted molar refractivity (Wildman–Crippen MR) is 170 cm³/mol. The number of hydrogen-bond donors (Lipinski definition) is 2. The lowest BCUT2D eigenvalue weighted by molar-refractivity contribution is -0.175. The number of rotatable bonds is 7. The Balaban J connectivity index is 1.30. The van der Waals surface area contributed by atoms with Crippen LogP contribution in [0.15, 0.2) is 35.9 Å². The maximum atomic E-state index is 14.6. The first-order valence-electron chi connectivity index (χ1n) is 16.9. The van der Waals surface area contributed by atoms with E-state index in [4.69, 9.17) is 9.47 Å². The van der Waals surface area contributed by atoms with E-state index in [9.17, 15) is 19.8 Å². The van der Waals surface area contributed by atoms with Crippen LogP contribution in [0.5, 0.6) is 0 Å². The van der Waals surface area contributed by atoms with Gasteiger partial charge in [0.15, 0.2) is 5.78 Å². The van der Waals surface area contributed by atoms with Crippen LogP contribution < -0.4 is 0 Å². The number of carbonyl (C=O) groups is 2. The lowest BCUT2D eigenvalue weighted by Gasteiger charge is -2.71. The minimum atomic E-state index is -1.13. The molecule has 8 rings (SSSR count). The Kier molecular flexibility index (Phi) is 7.32. The fourth-order valence-electron chi connectivity index (χ4n) is 11.1. The number of nitrogens with zero attached hydrogens (tertiary/aromatic N) is 1. The van der Waals surface area contributed by atoms with Gasteiger partial charge in [-0.05, 0) is 101 Å². The maximum Gasteiger partial charge on any atom is 0.409 e. The summed E-state index contributed by atoms with van der Waals surface area (Å²) in [7, 11) is 0. The second-order valence-corrected chi connectivity index (χ2v) is 16.6. The minimum absolute atomic E-state index is 0.0417. The first-order chi connectivity index (χ1) is 20.9. The molecule has 3 saturated carbocycles. The number of carbonyl (C=O) groups excluding carboxylic acids is 2. The van der Waals surface area contributed by atoms with E-state index in [1.54, 1.807) is 16.2 Å². The summed E-state index contributed by atoms with van der Waals surface area (Å²) in [4.78, 5) is 31.4.